The van der Waals surface area contributed by atoms with E-state index in [0.29, 0.717) is 26.6 Å². The molecule has 0 unspecified atom stereocenters. The number of nitrogens with zero attached hydrogens (tertiary/aromatic N) is 1. The van der Waals surface area contributed by atoms with Crippen LogP contribution >= 0.6 is 27.5 Å². The predicted octanol–water partition coefficient (Wildman–Crippen LogP) is 2.79. The number of hydrogen-bond donors (Lipinski definition) is 2. The minimum absolute atomic E-state index is 0.161. The quantitative estimate of drug-likeness (QED) is 0.885. The molecule has 2 aromatic rings. The maximum Gasteiger partial charge on any atom is 0.308 e. The lowest BCUT2D eigenvalue weighted by Gasteiger charge is -2.07. The van der Waals surface area contributed by atoms with Crippen molar-refractivity contribution in [3.8, 4) is 11.4 Å². The third-order valence-electron chi connectivity index (χ3n) is 2.74. The zero-order valence-electron chi connectivity index (χ0n) is 10.4. The van der Waals surface area contributed by atoms with Crippen molar-refractivity contribution in [1.29, 1.82) is 0 Å². The monoisotopic (exact) mass is 356 g/mol. The van der Waals surface area contributed by atoms with Gasteiger partial charge in [-0.05, 0) is 41.1 Å². The number of aryl methyl sites for hydroxylation is 1. The zero-order valence-corrected chi connectivity index (χ0v) is 12.7. The van der Waals surface area contributed by atoms with Crippen molar-refractivity contribution >= 4 is 33.5 Å². The van der Waals surface area contributed by atoms with Crippen molar-refractivity contribution in [2.75, 3.05) is 0 Å². The number of aromatic nitrogens is 2. The van der Waals surface area contributed by atoms with Crippen molar-refractivity contribution in [3.05, 3.63) is 49.3 Å². The Labute approximate surface area is 127 Å². The zero-order chi connectivity index (χ0) is 14.9. The molecule has 104 valence electrons. The molecule has 0 fully saturated rings. The van der Waals surface area contributed by atoms with Gasteiger partial charge in [-0.2, -0.15) is 0 Å². The third-order valence-corrected chi connectivity index (χ3v) is 3.96. The summed E-state index contributed by atoms with van der Waals surface area (Å²) in [4.78, 5) is 29.5. The molecule has 0 aliphatic heterocycles. The maximum absolute atomic E-state index is 11.9. The number of aliphatic carboxylic acids is 1. The molecular weight excluding hydrogens is 348 g/mol. The van der Waals surface area contributed by atoms with Gasteiger partial charge >= 0.3 is 5.97 Å². The Morgan fingerprint density at radius 3 is 2.75 bits per heavy atom. The number of nitrogens with one attached hydrogen (secondary N) is 1. The van der Waals surface area contributed by atoms with Gasteiger partial charge in [0.1, 0.15) is 5.82 Å². The second-order valence-electron chi connectivity index (χ2n) is 4.18. The van der Waals surface area contributed by atoms with Crippen LogP contribution in [0.15, 0.2) is 27.5 Å². The smallest absolute Gasteiger partial charge is 0.308 e. The fraction of sp³-hybridized carbons (Fsp3) is 0.154. The summed E-state index contributed by atoms with van der Waals surface area (Å²) in [5, 5.41) is 9.32. The van der Waals surface area contributed by atoms with E-state index >= 15 is 0 Å². The molecule has 5 nitrogen and oxygen atoms in total. The van der Waals surface area contributed by atoms with Gasteiger partial charge in [-0.1, -0.05) is 11.6 Å². The topological polar surface area (TPSA) is 83.0 Å². The van der Waals surface area contributed by atoms with Gasteiger partial charge in [0, 0.05) is 21.3 Å². The Balaban J connectivity index is 2.52. The van der Waals surface area contributed by atoms with E-state index in [-0.39, 0.29) is 12.0 Å². The van der Waals surface area contributed by atoms with E-state index in [2.05, 4.69) is 25.9 Å². The molecule has 2 N–H and O–H groups in total. The first kappa shape index (κ1) is 14.7. The van der Waals surface area contributed by atoms with Crippen LogP contribution in [0.25, 0.3) is 11.4 Å². The average molecular weight is 358 g/mol. The molecule has 0 aliphatic rings. The number of halogens is 2. The number of aromatic amines is 1. The van der Waals surface area contributed by atoms with E-state index in [9.17, 15) is 9.59 Å². The van der Waals surface area contributed by atoms with Crippen molar-refractivity contribution < 1.29 is 9.90 Å². The first-order chi connectivity index (χ1) is 9.38. The Morgan fingerprint density at radius 1 is 1.50 bits per heavy atom. The molecule has 0 saturated heterocycles. The van der Waals surface area contributed by atoms with E-state index in [1.165, 1.54) is 0 Å². The molecule has 7 heteroatoms. The number of carboxylic acid groups (broad SMARTS) is 1. The van der Waals surface area contributed by atoms with Crippen molar-refractivity contribution in [2.24, 2.45) is 0 Å². The van der Waals surface area contributed by atoms with Crippen LogP contribution in [0.2, 0.25) is 5.02 Å². The molecule has 1 heterocycles. The minimum atomic E-state index is -1.07. The molecule has 0 aliphatic carbocycles. The highest BCUT2D eigenvalue weighted by atomic mass is 79.9. The second-order valence-corrected chi connectivity index (χ2v) is 5.44. The first-order valence-corrected chi connectivity index (χ1v) is 6.82. The van der Waals surface area contributed by atoms with Crippen molar-refractivity contribution in [1.82, 2.24) is 9.97 Å². The number of H-pyrrole nitrogens is 1. The van der Waals surface area contributed by atoms with Gasteiger partial charge in [-0.3, -0.25) is 9.59 Å². The summed E-state index contributed by atoms with van der Waals surface area (Å²) in [6, 6.07) is 5.14. The van der Waals surface area contributed by atoms with Crippen LogP contribution < -0.4 is 5.56 Å². The molecule has 1 aromatic heterocycles. The van der Waals surface area contributed by atoms with Gasteiger partial charge in [-0.15, -0.1) is 0 Å². The SMILES string of the molecule is Cc1nc(-c2ccc(Cl)c(Br)c2)[nH]c(=O)c1CC(=O)O. The summed E-state index contributed by atoms with van der Waals surface area (Å²) in [6.07, 6.45) is -0.348. The Hall–Kier alpha value is -1.66. The van der Waals surface area contributed by atoms with Crippen molar-refractivity contribution in [3.63, 3.8) is 0 Å². The lowest BCUT2D eigenvalue weighted by Crippen LogP contribution is -2.20. The highest BCUT2D eigenvalue weighted by Crippen LogP contribution is 2.27. The third kappa shape index (κ3) is 3.08. The number of benzene rings is 1. The fourth-order valence-electron chi connectivity index (χ4n) is 1.75. The molecule has 0 saturated carbocycles. The van der Waals surface area contributed by atoms with E-state index in [0.717, 1.165) is 0 Å². The van der Waals surface area contributed by atoms with Crippen LogP contribution in [0.1, 0.15) is 11.3 Å². The summed E-state index contributed by atoms with van der Waals surface area (Å²) in [5.41, 5.74) is 0.802. The summed E-state index contributed by atoms with van der Waals surface area (Å²) >= 11 is 9.21. The number of carboxylic acids is 1. The van der Waals surface area contributed by atoms with Crippen LogP contribution in [0, 0.1) is 6.92 Å². The predicted molar refractivity (Wildman–Crippen MR) is 79.1 cm³/mol. The summed E-state index contributed by atoms with van der Waals surface area (Å²) in [5.74, 6) is -0.693. The number of carbonyl (C=O) groups is 1. The molecule has 0 bridgehead atoms. The molecule has 0 atom stereocenters. The lowest BCUT2D eigenvalue weighted by atomic mass is 10.1. The molecule has 20 heavy (non-hydrogen) atoms. The van der Waals surface area contributed by atoms with Crippen molar-refractivity contribution in [2.45, 2.75) is 13.3 Å². The van der Waals surface area contributed by atoms with Crippen LogP contribution in [0.3, 0.4) is 0 Å². The van der Waals surface area contributed by atoms with Gasteiger partial charge in [0.05, 0.1) is 11.4 Å². The molecular formula is C13H10BrClN2O3. The fourth-order valence-corrected chi connectivity index (χ4v) is 2.25. The summed E-state index contributed by atoms with van der Waals surface area (Å²) in [6.45, 7) is 1.61. The van der Waals surface area contributed by atoms with Gasteiger partial charge in [0.25, 0.3) is 5.56 Å². The van der Waals surface area contributed by atoms with Gasteiger partial charge in [-0.25, -0.2) is 4.98 Å². The van der Waals surface area contributed by atoms with E-state index in [1.54, 1.807) is 25.1 Å². The van der Waals surface area contributed by atoms with E-state index < -0.39 is 11.5 Å². The van der Waals surface area contributed by atoms with Gasteiger partial charge < -0.3 is 10.1 Å². The summed E-state index contributed by atoms with van der Waals surface area (Å²) < 4.78 is 0.687. The van der Waals surface area contributed by atoms with E-state index in [4.69, 9.17) is 16.7 Å². The second kappa shape index (κ2) is 5.76. The highest BCUT2D eigenvalue weighted by Gasteiger charge is 2.13. The van der Waals surface area contributed by atoms with Crippen LogP contribution in [-0.4, -0.2) is 21.0 Å². The van der Waals surface area contributed by atoms with Gasteiger partial charge in [0.2, 0.25) is 0 Å². The first-order valence-electron chi connectivity index (χ1n) is 5.65. The molecule has 0 spiro atoms. The van der Waals surface area contributed by atoms with Gasteiger partial charge in [0.15, 0.2) is 0 Å². The standard InChI is InChI=1S/C13H10BrClN2O3/c1-6-8(5-11(18)19)13(20)17-12(16-6)7-2-3-10(15)9(14)4-7/h2-4H,5H2,1H3,(H,18,19)(H,16,17,20). The lowest BCUT2D eigenvalue weighted by molar-refractivity contribution is -0.136. The number of rotatable bonds is 3. The molecule has 0 radical (unpaired) electrons. The normalized spacial score (nSPS) is 10.6. The average Bonchev–Trinajstić information content (AvgIpc) is 2.36. The van der Waals surface area contributed by atoms with Crippen LogP contribution in [0.4, 0.5) is 0 Å². The number of hydrogen-bond acceptors (Lipinski definition) is 3. The Morgan fingerprint density at radius 2 is 2.20 bits per heavy atom. The largest absolute Gasteiger partial charge is 0.481 e. The molecule has 1 aromatic carbocycles. The molecule has 2 rings (SSSR count). The maximum atomic E-state index is 11.9. The highest BCUT2D eigenvalue weighted by molar-refractivity contribution is 9.10. The summed E-state index contributed by atoms with van der Waals surface area (Å²) in [7, 11) is 0. The minimum Gasteiger partial charge on any atom is -0.481 e. The molecule has 0 amide bonds. The Kier molecular flexibility index (Phi) is 4.25. The Bertz CT molecular complexity index is 743. The van der Waals surface area contributed by atoms with Crippen LogP contribution in [0.5, 0.6) is 0 Å². The van der Waals surface area contributed by atoms with E-state index in [1.807, 2.05) is 0 Å². The van der Waals surface area contributed by atoms with Crippen LogP contribution in [-0.2, 0) is 11.2 Å².